The van der Waals surface area contributed by atoms with Gasteiger partial charge in [-0.15, -0.1) is 5.10 Å². The van der Waals surface area contributed by atoms with Gasteiger partial charge in [-0.05, 0) is 24.1 Å². The van der Waals surface area contributed by atoms with Crippen molar-refractivity contribution in [1.82, 2.24) is 10.2 Å². The maximum atomic E-state index is 5.88. The van der Waals surface area contributed by atoms with Crippen LogP contribution in [0.2, 0.25) is 5.02 Å². The molecule has 0 amide bonds. The van der Waals surface area contributed by atoms with E-state index in [1.54, 1.807) is 0 Å². The number of nitrogens with zero attached hydrogens (tertiary/aromatic N) is 2. The standard InChI is InChI=1S/C10H11ClN4O/c11-8-3-1-2-7(6-8)4-5-9-14-15-10(13-12)16-9/h1-3,6H,4-5,12H2,(H,13,15). The molecule has 0 spiro atoms. The van der Waals surface area contributed by atoms with E-state index < -0.39 is 0 Å². The molecule has 0 saturated carbocycles. The van der Waals surface area contributed by atoms with E-state index in [4.69, 9.17) is 21.9 Å². The van der Waals surface area contributed by atoms with Crippen LogP contribution in [0, 0.1) is 0 Å². The maximum absolute atomic E-state index is 5.88. The summed E-state index contributed by atoms with van der Waals surface area (Å²) in [6.45, 7) is 0. The molecule has 2 aromatic rings. The molecule has 1 aromatic heterocycles. The minimum atomic E-state index is 0.223. The second-order valence-corrected chi connectivity index (χ2v) is 3.71. The molecule has 0 saturated heterocycles. The van der Waals surface area contributed by atoms with Gasteiger partial charge < -0.3 is 4.42 Å². The van der Waals surface area contributed by atoms with Crippen molar-refractivity contribution in [3.8, 4) is 0 Å². The van der Waals surface area contributed by atoms with Crippen molar-refractivity contribution in [1.29, 1.82) is 0 Å². The Balaban J connectivity index is 1.96. The van der Waals surface area contributed by atoms with Crippen LogP contribution in [0.1, 0.15) is 11.5 Å². The molecule has 1 aromatic carbocycles. The van der Waals surface area contributed by atoms with Gasteiger partial charge in [0, 0.05) is 11.4 Å². The normalized spacial score (nSPS) is 10.4. The molecule has 0 unspecified atom stereocenters. The Labute approximate surface area is 97.6 Å². The summed E-state index contributed by atoms with van der Waals surface area (Å²) in [5, 5.41) is 8.25. The summed E-state index contributed by atoms with van der Waals surface area (Å²) in [7, 11) is 0. The second-order valence-electron chi connectivity index (χ2n) is 3.28. The number of anilines is 1. The van der Waals surface area contributed by atoms with E-state index >= 15 is 0 Å². The zero-order valence-electron chi connectivity index (χ0n) is 8.48. The van der Waals surface area contributed by atoms with Gasteiger partial charge in [-0.2, -0.15) is 0 Å². The maximum Gasteiger partial charge on any atom is 0.330 e. The third-order valence-corrected chi connectivity index (χ3v) is 2.34. The van der Waals surface area contributed by atoms with Crippen molar-refractivity contribution in [3.05, 3.63) is 40.7 Å². The van der Waals surface area contributed by atoms with Gasteiger partial charge in [0.2, 0.25) is 5.89 Å². The Morgan fingerprint density at radius 2 is 2.19 bits per heavy atom. The van der Waals surface area contributed by atoms with E-state index in [2.05, 4.69) is 15.6 Å². The molecular formula is C10H11ClN4O. The summed E-state index contributed by atoms with van der Waals surface area (Å²) in [4.78, 5) is 0. The highest BCUT2D eigenvalue weighted by molar-refractivity contribution is 6.30. The van der Waals surface area contributed by atoms with Gasteiger partial charge in [0.25, 0.3) is 0 Å². The third-order valence-electron chi connectivity index (χ3n) is 2.11. The monoisotopic (exact) mass is 238 g/mol. The van der Waals surface area contributed by atoms with Gasteiger partial charge >= 0.3 is 6.01 Å². The largest absolute Gasteiger partial charge is 0.407 e. The molecule has 0 radical (unpaired) electrons. The first-order valence-electron chi connectivity index (χ1n) is 4.81. The highest BCUT2D eigenvalue weighted by Crippen LogP contribution is 2.13. The van der Waals surface area contributed by atoms with E-state index in [9.17, 15) is 0 Å². The van der Waals surface area contributed by atoms with E-state index in [1.165, 1.54) is 0 Å². The number of hydrogen-bond acceptors (Lipinski definition) is 5. The summed E-state index contributed by atoms with van der Waals surface area (Å²) in [5.41, 5.74) is 3.43. The first-order valence-corrected chi connectivity index (χ1v) is 5.19. The summed E-state index contributed by atoms with van der Waals surface area (Å²) in [5.74, 6) is 5.68. The van der Waals surface area contributed by atoms with Crippen LogP contribution >= 0.6 is 11.6 Å². The number of halogens is 1. The fraction of sp³-hybridized carbons (Fsp3) is 0.200. The van der Waals surface area contributed by atoms with Crippen LogP contribution in [-0.4, -0.2) is 10.2 Å². The first kappa shape index (κ1) is 10.9. The van der Waals surface area contributed by atoms with Crippen molar-refractivity contribution in [2.75, 3.05) is 5.43 Å². The molecule has 3 N–H and O–H groups in total. The molecule has 0 aliphatic carbocycles. The summed E-state index contributed by atoms with van der Waals surface area (Å²) < 4.78 is 5.19. The van der Waals surface area contributed by atoms with Crippen LogP contribution in [0.4, 0.5) is 6.01 Å². The fourth-order valence-electron chi connectivity index (χ4n) is 1.36. The van der Waals surface area contributed by atoms with Crippen molar-refractivity contribution in [2.24, 2.45) is 5.84 Å². The van der Waals surface area contributed by atoms with Crippen molar-refractivity contribution in [2.45, 2.75) is 12.8 Å². The predicted octanol–water partition coefficient (Wildman–Crippen LogP) is 1.79. The number of hydrazine groups is 1. The van der Waals surface area contributed by atoms with Gasteiger partial charge in [-0.1, -0.05) is 28.8 Å². The van der Waals surface area contributed by atoms with Gasteiger partial charge in [0.1, 0.15) is 0 Å². The molecule has 0 aliphatic rings. The Kier molecular flexibility index (Phi) is 3.38. The van der Waals surface area contributed by atoms with Crippen LogP contribution in [0.5, 0.6) is 0 Å². The van der Waals surface area contributed by atoms with Crippen molar-refractivity contribution in [3.63, 3.8) is 0 Å². The molecule has 2 rings (SSSR count). The van der Waals surface area contributed by atoms with Crippen LogP contribution in [0.15, 0.2) is 28.7 Å². The quantitative estimate of drug-likeness (QED) is 0.627. The van der Waals surface area contributed by atoms with Crippen LogP contribution in [0.3, 0.4) is 0 Å². The fourth-order valence-corrected chi connectivity index (χ4v) is 1.57. The Hall–Kier alpha value is -1.59. The lowest BCUT2D eigenvalue weighted by atomic mass is 10.1. The number of hydrogen-bond donors (Lipinski definition) is 2. The van der Waals surface area contributed by atoms with E-state index in [0.717, 1.165) is 17.0 Å². The SMILES string of the molecule is NNc1nnc(CCc2cccc(Cl)c2)o1. The molecule has 0 fully saturated rings. The van der Waals surface area contributed by atoms with Crippen molar-refractivity contribution >= 4 is 17.6 Å². The molecule has 0 bridgehead atoms. The molecule has 0 aliphatic heterocycles. The van der Waals surface area contributed by atoms with Crippen LogP contribution < -0.4 is 11.3 Å². The lowest BCUT2D eigenvalue weighted by Gasteiger charge is -1.98. The zero-order chi connectivity index (χ0) is 11.4. The average Bonchev–Trinajstić information content (AvgIpc) is 2.74. The predicted molar refractivity (Wildman–Crippen MR) is 61.0 cm³/mol. The molecular weight excluding hydrogens is 228 g/mol. The number of nitrogens with two attached hydrogens (primary N) is 1. The lowest BCUT2D eigenvalue weighted by Crippen LogP contribution is -2.06. The molecule has 0 atom stereocenters. The number of nitrogen functional groups attached to an aromatic ring is 1. The highest BCUT2D eigenvalue weighted by Gasteiger charge is 2.04. The van der Waals surface area contributed by atoms with Crippen molar-refractivity contribution < 1.29 is 4.42 Å². The molecule has 1 heterocycles. The van der Waals surface area contributed by atoms with E-state index in [0.29, 0.717) is 12.3 Å². The smallest absolute Gasteiger partial charge is 0.330 e. The van der Waals surface area contributed by atoms with Gasteiger partial charge in [0.15, 0.2) is 0 Å². The second kappa shape index (κ2) is 4.96. The number of aryl methyl sites for hydroxylation is 2. The first-order chi connectivity index (χ1) is 7.78. The Morgan fingerprint density at radius 3 is 2.88 bits per heavy atom. The third kappa shape index (κ3) is 2.71. The topological polar surface area (TPSA) is 77.0 Å². The zero-order valence-corrected chi connectivity index (χ0v) is 9.24. The Morgan fingerprint density at radius 1 is 1.31 bits per heavy atom. The van der Waals surface area contributed by atoms with E-state index in [-0.39, 0.29) is 6.01 Å². The van der Waals surface area contributed by atoms with Gasteiger partial charge in [-0.25, -0.2) is 5.84 Å². The van der Waals surface area contributed by atoms with Crippen LogP contribution in [-0.2, 0) is 12.8 Å². The number of aromatic nitrogens is 2. The number of nitrogens with one attached hydrogen (secondary N) is 1. The van der Waals surface area contributed by atoms with Crippen LogP contribution in [0.25, 0.3) is 0 Å². The van der Waals surface area contributed by atoms with Gasteiger partial charge in [-0.3, -0.25) is 5.43 Å². The minimum Gasteiger partial charge on any atom is -0.407 e. The van der Waals surface area contributed by atoms with E-state index in [1.807, 2.05) is 24.3 Å². The average molecular weight is 239 g/mol. The van der Waals surface area contributed by atoms with Gasteiger partial charge in [0.05, 0.1) is 0 Å². The lowest BCUT2D eigenvalue weighted by molar-refractivity contribution is 0.504. The Bertz CT molecular complexity index is 471. The summed E-state index contributed by atoms with van der Waals surface area (Å²) in [6.07, 6.45) is 1.46. The molecule has 5 nitrogen and oxygen atoms in total. The molecule has 84 valence electrons. The highest BCUT2D eigenvalue weighted by atomic mass is 35.5. The number of benzene rings is 1. The summed E-state index contributed by atoms with van der Waals surface area (Å²) >= 11 is 5.88. The molecule has 16 heavy (non-hydrogen) atoms. The minimum absolute atomic E-state index is 0.223. The molecule has 6 heteroatoms. The number of rotatable bonds is 4. The summed E-state index contributed by atoms with van der Waals surface area (Å²) in [6, 6.07) is 7.90.